The Bertz CT molecular complexity index is 757. The first kappa shape index (κ1) is 14.9. The van der Waals surface area contributed by atoms with Gasteiger partial charge in [0.15, 0.2) is 6.29 Å². The topological polar surface area (TPSA) is 35.5 Å². The van der Waals surface area contributed by atoms with E-state index in [9.17, 15) is 4.79 Å². The first-order chi connectivity index (χ1) is 11.2. The molecule has 0 aliphatic heterocycles. The molecule has 0 amide bonds. The number of carbonyl (C=O) groups excluding carboxylic acids is 1. The highest BCUT2D eigenvalue weighted by Gasteiger charge is 2.55. The summed E-state index contributed by atoms with van der Waals surface area (Å²) in [6.45, 7) is 0. The Hall–Kier alpha value is -1.71. The number of benzene rings is 2. The van der Waals surface area contributed by atoms with E-state index >= 15 is 0 Å². The van der Waals surface area contributed by atoms with E-state index < -0.39 is 0 Å². The fourth-order valence-electron chi connectivity index (χ4n) is 4.03. The number of Topliss-reactive ketones (excluding diaryl/α,β-unsaturated/α-hetero) is 1. The van der Waals surface area contributed by atoms with Crippen molar-refractivity contribution in [2.75, 3.05) is 14.2 Å². The maximum atomic E-state index is 13.1. The zero-order chi connectivity index (χ0) is 16.0. The summed E-state index contributed by atoms with van der Waals surface area (Å²) in [6, 6.07) is 12.9. The molecule has 0 bridgehead atoms. The quantitative estimate of drug-likeness (QED) is 0.805. The minimum absolute atomic E-state index is 0.105. The van der Waals surface area contributed by atoms with Crippen molar-refractivity contribution >= 4 is 16.6 Å². The Morgan fingerprint density at radius 2 is 1.78 bits per heavy atom. The predicted octanol–water partition coefficient (Wildman–Crippen LogP) is 3.84. The Kier molecular flexibility index (Phi) is 3.51. The van der Waals surface area contributed by atoms with Crippen LogP contribution in [-0.4, -0.2) is 26.3 Å². The van der Waals surface area contributed by atoms with Gasteiger partial charge in [0.2, 0.25) is 0 Å². The molecule has 1 fully saturated rings. The van der Waals surface area contributed by atoms with Gasteiger partial charge in [-0.2, -0.15) is 0 Å². The van der Waals surface area contributed by atoms with E-state index in [1.165, 1.54) is 21.9 Å². The van der Waals surface area contributed by atoms with Crippen molar-refractivity contribution in [3.05, 3.63) is 47.5 Å². The van der Waals surface area contributed by atoms with Crippen LogP contribution >= 0.6 is 0 Å². The fourth-order valence-corrected chi connectivity index (χ4v) is 4.03. The van der Waals surface area contributed by atoms with Crippen LogP contribution in [0.25, 0.3) is 10.8 Å². The van der Waals surface area contributed by atoms with Crippen LogP contribution in [0, 0.1) is 5.41 Å². The second-order valence-electron chi connectivity index (χ2n) is 6.91. The number of ether oxygens (including phenoxy) is 2. The molecule has 0 radical (unpaired) electrons. The molecule has 3 heteroatoms. The highest BCUT2D eigenvalue weighted by Crippen LogP contribution is 2.56. The lowest BCUT2D eigenvalue weighted by atomic mass is 9.71. The van der Waals surface area contributed by atoms with E-state index in [0.29, 0.717) is 12.2 Å². The lowest BCUT2D eigenvalue weighted by molar-refractivity contribution is -0.135. The minimum Gasteiger partial charge on any atom is -0.356 e. The molecule has 0 aromatic heterocycles. The van der Waals surface area contributed by atoms with Gasteiger partial charge in [-0.05, 0) is 41.2 Å². The van der Waals surface area contributed by atoms with Crippen molar-refractivity contribution in [2.24, 2.45) is 5.41 Å². The van der Waals surface area contributed by atoms with E-state index in [-0.39, 0.29) is 17.6 Å². The predicted molar refractivity (Wildman–Crippen MR) is 89.5 cm³/mol. The van der Waals surface area contributed by atoms with Gasteiger partial charge in [0, 0.05) is 32.0 Å². The smallest absolute Gasteiger partial charge is 0.157 e. The number of hydrogen-bond donors (Lipinski definition) is 0. The van der Waals surface area contributed by atoms with Crippen molar-refractivity contribution in [2.45, 2.75) is 37.9 Å². The van der Waals surface area contributed by atoms with Crippen molar-refractivity contribution in [3.8, 4) is 0 Å². The van der Waals surface area contributed by atoms with Crippen LogP contribution in [0.15, 0.2) is 36.4 Å². The molecule has 120 valence electrons. The van der Waals surface area contributed by atoms with Gasteiger partial charge in [-0.3, -0.25) is 4.79 Å². The summed E-state index contributed by atoms with van der Waals surface area (Å²) in [5.74, 6) is 0.273. The van der Waals surface area contributed by atoms with Gasteiger partial charge < -0.3 is 9.47 Å². The first-order valence-electron chi connectivity index (χ1n) is 8.28. The lowest BCUT2D eigenvalue weighted by Gasteiger charge is -2.32. The second kappa shape index (κ2) is 5.43. The normalized spacial score (nSPS) is 21.9. The lowest BCUT2D eigenvalue weighted by Crippen LogP contribution is -2.34. The highest BCUT2D eigenvalue weighted by molar-refractivity contribution is 5.97. The zero-order valence-corrected chi connectivity index (χ0v) is 13.7. The fraction of sp³-hybridized carbons (Fsp3) is 0.450. The average molecular weight is 310 g/mol. The van der Waals surface area contributed by atoms with Gasteiger partial charge in [0.1, 0.15) is 5.78 Å². The number of hydrogen-bond acceptors (Lipinski definition) is 3. The first-order valence-corrected chi connectivity index (χ1v) is 8.28. The van der Waals surface area contributed by atoms with Gasteiger partial charge in [-0.15, -0.1) is 0 Å². The maximum Gasteiger partial charge on any atom is 0.157 e. The van der Waals surface area contributed by atoms with Crippen LogP contribution in [0.3, 0.4) is 0 Å². The van der Waals surface area contributed by atoms with Crippen molar-refractivity contribution in [3.63, 3.8) is 0 Å². The Balaban J connectivity index is 1.82. The molecule has 23 heavy (non-hydrogen) atoms. The zero-order valence-electron chi connectivity index (χ0n) is 13.7. The van der Waals surface area contributed by atoms with E-state index in [2.05, 4.69) is 30.3 Å². The molecule has 2 aliphatic carbocycles. The molecule has 0 N–H and O–H groups in total. The molecule has 1 saturated carbocycles. The molecule has 4 rings (SSSR count). The van der Waals surface area contributed by atoms with E-state index in [0.717, 1.165) is 19.3 Å². The highest BCUT2D eigenvalue weighted by atomic mass is 16.7. The van der Waals surface area contributed by atoms with Crippen LogP contribution in [0.5, 0.6) is 0 Å². The third-order valence-corrected chi connectivity index (χ3v) is 5.56. The number of fused-ring (bicyclic) bond motifs is 2. The third kappa shape index (κ3) is 2.39. The summed E-state index contributed by atoms with van der Waals surface area (Å²) in [4.78, 5) is 13.1. The van der Waals surface area contributed by atoms with Gasteiger partial charge >= 0.3 is 0 Å². The number of rotatable bonds is 4. The monoisotopic (exact) mass is 310 g/mol. The van der Waals surface area contributed by atoms with Crippen LogP contribution in [0.1, 0.15) is 36.3 Å². The summed E-state index contributed by atoms with van der Waals surface area (Å²) in [6.07, 6.45) is 3.21. The Morgan fingerprint density at radius 3 is 2.39 bits per heavy atom. The van der Waals surface area contributed by atoms with Crippen LogP contribution in [-0.2, 0) is 20.7 Å². The minimum atomic E-state index is -0.336. The molecule has 1 unspecified atom stereocenters. The molecular weight excluding hydrogens is 288 g/mol. The van der Waals surface area contributed by atoms with Crippen LogP contribution < -0.4 is 0 Å². The van der Waals surface area contributed by atoms with Crippen molar-refractivity contribution in [1.82, 2.24) is 0 Å². The summed E-state index contributed by atoms with van der Waals surface area (Å²) in [5.41, 5.74) is 2.40. The molecule has 3 nitrogen and oxygen atoms in total. The summed E-state index contributed by atoms with van der Waals surface area (Å²) >= 11 is 0. The molecular formula is C20H22O3. The number of ketones is 1. The number of methoxy groups -OCH3 is 2. The Morgan fingerprint density at radius 1 is 1.13 bits per heavy atom. The maximum absolute atomic E-state index is 13.1. The van der Waals surface area contributed by atoms with E-state index in [4.69, 9.17) is 9.47 Å². The van der Waals surface area contributed by atoms with Crippen molar-refractivity contribution in [1.29, 1.82) is 0 Å². The third-order valence-electron chi connectivity index (χ3n) is 5.56. The molecule has 1 spiro atoms. The van der Waals surface area contributed by atoms with Gasteiger partial charge in [-0.25, -0.2) is 0 Å². The average Bonchev–Trinajstić information content (AvgIpc) is 3.35. The standard InChI is InChI=1S/C20H22O3/c1-22-18(23-2)11-17-16-10-14-6-4-3-5-13(14)9-15(16)12-20(7-8-20)19(17)21/h3-6,9-10,17-18H,7-8,11-12H2,1-2H3. The molecule has 2 aromatic rings. The largest absolute Gasteiger partial charge is 0.356 e. The molecule has 2 aromatic carbocycles. The summed E-state index contributed by atoms with van der Waals surface area (Å²) < 4.78 is 10.7. The number of carbonyl (C=O) groups is 1. The van der Waals surface area contributed by atoms with Gasteiger partial charge in [-0.1, -0.05) is 36.4 Å². The second-order valence-corrected chi connectivity index (χ2v) is 6.91. The molecule has 0 saturated heterocycles. The van der Waals surface area contributed by atoms with E-state index in [1.807, 2.05) is 6.07 Å². The summed E-state index contributed by atoms with van der Waals surface area (Å²) in [7, 11) is 3.27. The van der Waals surface area contributed by atoms with Crippen molar-refractivity contribution < 1.29 is 14.3 Å². The molecule has 2 aliphatic rings. The van der Waals surface area contributed by atoms with Gasteiger partial charge in [0.25, 0.3) is 0 Å². The van der Waals surface area contributed by atoms with Gasteiger partial charge in [0.05, 0.1) is 0 Å². The SMILES string of the molecule is COC(CC1C(=O)C2(CC2)Cc2cc3ccccc3cc21)OC. The van der Waals surface area contributed by atoms with E-state index in [1.54, 1.807) is 14.2 Å². The van der Waals surface area contributed by atoms with Crippen LogP contribution in [0.2, 0.25) is 0 Å². The summed E-state index contributed by atoms with van der Waals surface area (Å²) in [5, 5.41) is 2.45. The molecule has 1 atom stereocenters. The Labute approximate surface area is 136 Å². The van der Waals surface area contributed by atoms with Crippen LogP contribution in [0.4, 0.5) is 0 Å². The molecule has 0 heterocycles.